The molecule has 0 unspecified atom stereocenters. The molecule has 2 heterocycles. The van der Waals surface area contributed by atoms with Gasteiger partial charge in [0.25, 0.3) is 0 Å². The standard InChI is InChI=1S/C23H28Cl2FNO4/c1-13-9-14-10-15(11-19(13)29-8-7-28-14)30-12-16-21(27-31-22(16)23(2,3)26)20-17(24)5-4-6-18(20)25/h4-6,13-15,19H,7-12H2,1-3H3/t13-,14+,15+,19+/m0/s1. The minimum Gasteiger partial charge on any atom is -0.376 e. The summed E-state index contributed by atoms with van der Waals surface area (Å²) in [4.78, 5) is 0. The molecule has 0 radical (unpaired) electrons. The quantitative estimate of drug-likeness (QED) is 0.508. The molecule has 2 aliphatic rings. The molecule has 1 aliphatic heterocycles. The number of ether oxygens (including phenoxy) is 3. The predicted molar refractivity (Wildman–Crippen MR) is 117 cm³/mol. The molecule has 0 N–H and O–H groups in total. The van der Waals surface area contributed by atoms with Crippen LogP contribution in [-0.2, 0) is 26.5 Å². The van der Waals surface area contributed by atoms with E-state index in [0.29, 0.717) is 46.0 Å². The topological polar surface area (TPSA) is 53.7 Å². The third-order valence-corrected chi connectivity index (χ3v) is 6.68. The van der Waals surface area contributed by atoms with Crippen molar-refractivity contribution < 1.29 is 23.1 Å². The lowest BCUT2D eigenvalue weighted by Gasteiger charge is -2.27. The molecule has 2 bridgehead atoms. The third kappa shape index (κ3) is 5.09. The number of hydrogen-bond donors (Lipinski definition) is 0. The monoisotopic (exact) mass is 471 g/mol. The fourth-order valence-electron chi connectivity index (χ4n) is 4.49. The number of halogens is 3. The summed E-state index contributed by atoms with van der Waals surface area (Å²) in [5.74, 6) is 0.512. The first-order chi connectivity index (χ1) is 14.7. The highest BCUT2D eigenvalue weighted by molar-refractivity contribution is 6.39. The minimum absolute atomic E-state index is 0.0851. The maximum absolute atomic E-state index is 14.9. The van der Waals surface area contributed by atoms with Crippen LogP contribution in [0.1, 0.15) is 51.4 Å². The summed E-state index contributed by atoms with van der Waals surface area (Å²) in [5, 5.41) is 4.96. The summed E-state index contributed by atoms with van der Waals surface area (Å²) in [6.07, 6.45) is 2.65. The number of aromatic nitrogens is 1. The Morgan fingerprint density at radius 3 is 2.55 bits per heavy atom. The Bertz CT molecular complexity index is 893. The number of rotatable bonds is 5. The van der Waals surface area contributed by atoms with Crippen molar-refractivity contribution in [1.82, 2.24) is 5.16 Å². The molecule has 8 heteroatoms. The van der Waals surface area contributed by atoms with Gasteiger partial charge in [-0.3, -0.25) is 0 Å². The van der Waals surface area contributed by atoms with Gasteiger partial charge in [-0.2, -0.15) is 0 Å². The van der Waals surface area contributed by atoms with E-state index in [9.17, 15) is 4.39 Å². The van der Waals surface area contributed by atoms with Crippen molar-refractivity contribution in [2.75, 3.05) is 13.2 Å². The summed E-state index contributed by atoms with van der Waals surface area (Å²) in [5.41, 5.74) is -0.304. The van der Waals surface area contributed by atoms with Crippen LogP contribution in [0.5, 0.6) is 0 Å². The molecule has 4 rings (SSSR count). The molecule has 170 valence electrons. The number of nitrogens with zero attached hydrogens (tertiary/aromatic N) is 1. The van der Waals surface area contributed by atoms with Crippen LogP contribution in [-0.4, -0.2) is 36.7 Å². The molecule has 1 saturated heterocycles. The average Bonchev–Trinajstić information content (AvgIpc) is 3.07. The van der Waals surface area contributed by atoms with Gasteiger partial charge in [-0.05, 0) is 44.7 Å². The van der Waals surface area contributed by atoms with Crippen molar-refractivity contribution in [3.8, 4) is 11.3 Å². The maximum Gasteiger partial charge on any atom is 0.179 e. The summed E-state index contributed by atoms with van der Waals surface area (Å²) in [6, 6.07) is 5.18. The molecule has 1 saturated carbocycles. The van der Waals surface area contributed by atoms with Crippen LogP contribution < -0.4 is 0 Å². The molecule has 1 aromatic carbocycles. The van der Waals surface area contributed by atoms with Gasteiger partial charge in [0.05, 0.1) is 53.7 Å². The van der Waals surface area contributed by atoms with Crippen LogP contribution in [0, 0.1) is 5.92 Å². The second-order valence-electron chi connectivity index (χ2n) is 8.93. The Hall–Kier alpha value is -1.18. The van der Waals surface area contributed by atoms with Crippen molar-refractivity contribution in [2.45, 2.75) is 70.6 Å². The van der Waals surface area contributed by atoms with Gasteiger partial charge in [0, 0.05) is 12.0 Å². The molecule has 31 heavy (non-hydrogen) atoms. The zero-order valence-electron chi connectivity index (χ0n) is 18.0. The molecule has 1 aromatic heterocycles. The summed E-state index contributed by atoms with van der Waals surface area (Å²) in [6.45, 7) is 6.37. The summed E-state index contributed by atoms with van der Waals surface area (Å²) in [7, 11) is 0. The van der Waals surface area contributed by atoms with E-state index >= 15 is 0 Å². The Morgan fingerprint density at radius 2 is 1.84 bits per heavy atom. The van der Waals surface area contributed by atoms with Gasteiger partial charge in [0.15, 0.2) is 11.4 Å². The first-order valence-corrected chi connectivity index (χ1v) is 11.5. The SMILES string of the molecule is C[C@H]1C[C@@H]2C[C@@H](OCc3c(-c4c(Cl)cccc4Cl)noc3C(C)(C)F)C[C@H]1OCCO2. The van der Waals surface area contributed by atoms with Crippen molar-refractivity contribution >= 4 is 23.2 Å². The number of hydrogen-bond acceptors (Lipinski definition) is 5. The summed E-state index contributed by atoms with van der Waals surface area (Å²) < 4.78 is 38.6. The van der Waals surface area contributed by atoms with Crippen molar-refractivity contribution in [2.24, 2.45) is 5.92 Å². The Morgan fingerprint density at radius 1 is 1.13 bits per heavy atom. The van der Waals surface area contributed by atoms with Gasteiger partial charge in [-0.25, -0.2) is 4.39 Å². The van der Waals surface area contributed by atoms with Gasteiger partial charge in [0.2, 0.25) is 0 Å². The zero-order chi connectivity index (χ0) is 22.2. The number of alkyl halides is 1. The Kier molecular flexibility index (Phi) is 6.94. The maximum atomic E-state index is 14.9. The molecule has 2 fully saturated rings. The normalized spacial score (nSPS) is 27.0. The highest BCUT2D eigenvalue weighted by atomic mass is 35.5. The van der Waals surface area contributed by atoms with E-state index in [4.69, 9.17) is 41.9 Å². The van der Waals surface area contributed by atoms with Crippen LogP contribution in [0.4, 0.5) is 4.39 Å². The van der Waals surface area contributed by atoms with E-state index in [1.54, 1.807) is 18.2 Å². The molecular weight excluding hydrogens is 444 g/mol. The van der Waals surface area contributed by atoms with Crippen molar-refractivity contribution in [3.05, 3.63) is 39.6 Å². The molecule has 1 aliphatic carbocycles. The largest absolute Gasteiger partial charge is 0.376 e. The van der Waals surface area contributed by atoms with Crippen molar-refractivity contribution in [3.63, 3.8) is 0 Å². The van der Waals surface area contributed by atoms with Gasteiger partial charge in [-0.15, -0.1) is 0 Å². The zero-order valence-corrected chi connectivity index (χ0v) is 19.5. The van der Waals surface area contributed by atoms with Crippen LogP contribution >= 0.6 is 23.2 Å². The second kappa shape index (κ2) is 9.36. The van der Waals surface area contributed by atoms with E-state index in [0.717, 1.165) is 19.3 Å². The third-order valence-electron chi connectivity index (χ3n) is 6.05. The highest BCUT2D eigenvalue weighted by Gasteiger charge is 2.36. The fraction of sp³-hybridized carbons (Fsp3) is 0.609. The van der Waals surface area contributed by atoms with Crippen molar-refractivity contribution in [1.29, 1.82) is 0 Å². The van der Waals surface area contributed by atoms with E-state index in [1.165, 1.54) is 13.8 Å². The van der Waals surface area contributed by atoms with Gasteiger partial charge in [0.1, 0.15) is 5.69 Å². The highest BCUT2D eigenvalue weighted by Crippen LogP contribution is 2.41. The lowest BCUT2D eigenvalue weighted by Crippen LogP contribution is -2.29. The van der Waals surface area contributed by atoms with E-state index < -0.39 is 5.67 Å². The predicted octanol–water partition coefficient (Wildman–Crippen LogP) is 6.34. The fourth-order valence-corrected chi connectivity index (χ4v) is 5.07. The van der Waals surface area contributed by atoms with Crippen LogP contribution in [0.15, 0.2) is 22.7 Å². The first kappa shape index (κ1) is 23.0. The van der Waals surface area contributed by atoms with E-state index in [2.05, 4.69) is 12.1 Å². The average molecular weight is 472 g/mol. The second-order valence-corrected chi connectivity index (χ2v) is 9.74. The molecule has 0 spiro atoms. The van der Waals surface area contributed by atoms with Gasteiger partial charge < -0.3 is 18.7 Å². The molecule has 2 aromatic rings. The van der Waals surface area contributed by atoms with Crippen LogP contribution in [0.25, 0.3) is 11.3 Å². The van der Waals surface area contributed by atoms with Crippen LogP contribution in [0.2, 0.25) is 10.0 Å². The van der Waals surface area contributed by atoms with E-state index in [-0.39, 0.29) is 30.7 Å². The van der Waals surface area contributed by atoms with Crippen LogP contribution in [0.3, 0.4) is 0 Å². The number of fused-ring (bicyclic) bond motifs is 3. The van der Waals surface area contributed by atoms with E-state index in [1.807, 2.05) is 0 Å². The lowest BCUT2D eigenvalue weighted by atomic mass is 9.98. The molecule has 0 amide bonds. The molecule has 5 nitrogen and oxygen atoms in total. The minimum atomic E-state index is -1.74. The number of benzene rings is 1. The smallest absolute Gasteiger partial charge is 0.179 e. The summed E-state index contributed by atoms with van der Waals surface area (Å²) >= 11 is 12.8. The Balaban J connectivity index is 1.62. The first-order valence-electron chi connectivity index (χ1n) is 10.7. The van der Waals surface area contributed by atoms with Gasteiger partial charge >= 0.3 is 0 Å². The Labute approximate surface area is 192 Å². The van der Waals surface area contributed by atoms with Gasteiger partial charge in [-0.1, -0.05) is 41.3 Å². The lowest BCUT2D eigenvalue weighted by molar-refractivity contribution is -0.0682. The molecule has 4 atom stereocenters. The molecular formula is C23H28Cl2FNO4.